The summed E-state index contributed by atoms with van der Waals surface area (Å²) in [6.45, 7) is 9.64. The molecule has 19 heteroatoms. The van der Waals surface area contributed by atoms with Crippen LogP contribution in [0.3, 0.4) is 0 Å². The first-order valence-electron chi connectivity index (χ1n) is 41.0. The van der Waals surface area contributed by atoms with E-state index in [2.05, 4.69) is 41.5 Å². The van der Waals surface area contributed by atoms with Gasteiger partial charge in [0.2, 0.25) is 0 Å². The lowest BCUT2D eigenvalue weighted by molar-refractivity contribution is -0.161. The molecule has 0 aliphatic heterocycles. The first-order chi connectivity index (χ1) is 47.4. The van der Waals surface area contributed by atoms with Gasteiger partial charge in [0.1, 0.15) is 19.3 Å². The van der Waals surface area contributed by atoms with Gasteiger partial charge in [-0.3, -0.25) is 37.3 Å². The van der Waals surface area contributed by atoms with Crippen LogP contribution in [0.4, 0.5) is 0 Å². The molecular formula is C79H154O17P2. The Kier molecular flexibility index (Phi) is 69.3. The highest BCUT2D eigenvalue weighted by atomic mass is 31.2. The summed E-state index contributed by atoms with van der Waals surface area (Å²) >= 11 is 0. The molecule has 0 saturated carbocycles. The molecule has 0 rings (SSSR count). The Balaban J connectivity index is 5.19. The number of phosphoric ester groups is 2. The molecule has 0 radical (unpaired) electrons. The zero-order valence-corrected chi connectivity index (χ0v) is 65.9. The van der Waals surface area contributed by atoms with Crippen LogP contribution in [0, 0.1) is 11.8 Å². The molecule has 582 valence electrons. The van der Waals surface area contributed by atoms with E-state index in [4.69, 9.17) is 37.0 Å². The van der Waals surface area contributed by atoms with Gasteiger partial charge in [0, 0.05) is 25.7 Å². The quantitative estimate of drug-likeness (QED) is 0.0222. The van der Waals surface area contributed by atoms with Gasteiger partial charge in [-0.25, -0.2) is 9.13 Å². The highest BCUT2D eigenvalue weighted by molar-refractivity contribution is 7.47. The Bertz CT molecular complexity index is 1890. The van der Waals surface area contributed by atoms with E-state index in [0.717, 1.165) is 115 Å². The Hall–Kier alpha value is -1.94. The number of ether oxygens (including phenoxy) is 4. The monoisotopic (exact) mass is 1440 g/mol. The van der Waals surface area contributed by atoms with Crippen LogP contribution in [-0.2, 0) is 65.4 Å². The zero-order valence-electron chi connectivity index (χ0n) is 64.1. The molecule has 0 aliphatic rings. The van der Waals surface area contributed by atoms with Crippen LogP contribution in [0.15, 0.2) is 0 Å². The largest absolute Gasteiger partial charge is 0.472 e. The molecule has 0 fully saturated rings. The van der Waals surface area contributed by atoms with Crippen LogP contribution >= 0.6 is 15.6 Å². The van der Waals surface area contributed by atoms with Crippen molar-refractivity contribution in [2.75, 3.05) is 39.6 Å². The van der Waals surface area contributed by atoms with Gasteiger partial charge in [-0.2, -0.15) is 0 Å². The summed E-state index contributed by atoms with van der Waals surface area (Å²) in [6, 6.07) is 0. The molecule has 0 aliphatic carbocycles. The SMILES string of the molecule is CCCCCCCCCCCCCCCCCCC(=O)O[C@H](COC(=O)CCCCCCCCC)COP(=O)(O)OC[C@H](O)COP(=O)(O)OC[C@@H](COC(=O)CCCCCCCCCCCCCCCCC(C)C)OC(=O)CCCCCCCCCCCCCCCCCC(C)C. The number of carbonyl (C=O) groups is 4. The van der Waals surface area contributed by atoms with Crippen molar-refractivity contribution < 1.29 is 80.2 Å². The van der Waals surface area contributed by atoms with E-state index in [-0.39, 0.29) is 25.7 Å². The summed E-state index contributed by atoms with van der Waals surface area (Å²) in [5.74, 6) is -0.513. The Morgan fingerprint density at radius 2 is 0.469 bits per heavy atom. The fraction of sp³-hybridized carbons (Fsp3) is 0.949. The van der Waals surface area contributed by atoms with Gasteiger partial charge < -0.3 is 33.8 Å². The van der Waals surface area contributed by atoms with Gasteiger partial charge >= 0.3 is 39.5 Å². The fourth-order valence-electron chi connectivity index (χ4n) is 12.2. The number of esters is 4. The third-order valence-corrected chi connectivity index (χ3v) is 20.4. The number of hydrogen-bond donors (Lipinski definition) is 3. The minimum Gasteiger partial charge on any atom is -0.462 e. The summed E-state index contributed by atoms with van der Waals surface area (Å²) < 4.78 is 68.6. The molecule has 2 unspecified atom stereocenters. The molecule has 98 heavy (non-hydrogen) atoms. The molecule has 0 bridgehead atoms. The predicted octanol–water partition coefficient (Wildman–Crippen LogP) is 23.5. The van der Waals surface area contributed by atoms with Gasteiger partial charge in [0.25, 0.3) is 0 Å². The predicted molar refractivity (Wildman–Crippen MR) is 400 cm³/mol. The molecule has 0 aromatic carbocycles. The van der Waals surface area contributed by atoms with Gasteiger partial charge in [-0.15, -0.1) is 0 Å². The van der Waals surface area contributed by atoms with Crippen molar-refractivity contribution in [3.05, 3.63) is 0 Å². The molecule has 5 atom stereocenters. The van der Waals surface area contributed by atoms with Crippen molar-refractivity contribution in [3.8, 4) is 0 Å². The Morgan fingerprint density at radius 1 is 0.276 bits per heavy atom. The minimum atomic E-state index is -4.96. The lowest BCUT2D eigenvalue weighted by Crippen LogP contribution is -2.30. The smallest absolute Gasteiger partial charge is 0.462 e. The standard InChI is InChI=1S/C79H154O17P2/c1-7-9-11-13-15-16-17-18-19-22-29-34-39-45-51-57-63-78(83)95-74(67-89-76(81)61-55-49-41-14-12-10-8-2)69-93-97(85,86)91-65-73(80)66-92-98(87,88)94-70-75(68-90-77(82)62-56-50-44-38-33-28-25-24-27-32-37-43-48-54-60-72(5)6)96-79(84)64-58-52-46-40-35-30-23-20-21-26-31-36-42-47-53-59-71(3)4/h71-75,80H,7-70H2,1-6H3,(H,85,86)(H,87,88)/t73-,74+,75+/m0/s1. The van der Waals surface area contributed by atoms with Crippen LogP contribution < -0.4 is 0 Å². The van der Waals surface area contributed by atoms with Crippen LogP contribution in [-0.4, -0.2) is 96.7 Å². The fourth-order valence-corrected chi connectivity index (χ4v) is 13.8. The highest BCUT2D eigenvalue weighted by Gasteiger charge is 2.30. The summed E-state index contributed by atoms with van der Waals surface area (Å²) in [5.41, 5.74) is 0. The van der Waals surface area contributed by atoms with E-state index >= 15 is 0 Å². The van der Waals surface area contributed by atoms with Crippen LogP contribution in [0.5, 0.6) is 0 Å². The molecule has 3 N–H and O–H groups in total. The third-order valence-electron chi connectivity index (χ3n) is 18.5. The first-order valence-corrected chi connectivity index (χ1v) is 44.0. The normalized spacial score (nSPS) is 13.9. The topological polar surface area (TPSA) is 237 Å². The number of unbranched alkanes of at least 4 members (excludes halogenated alkanes) is 48. The zero-order chi connectivity index (χ0) is 72.1. The van der Waals surface area contributed by atoms with Gasteiger partial charge in [0.15, 0.2) is 12.2 Å². The minimum absolute atomic E-state index is 0.108. The van der Waals surface area contributed by atoms with E-state index < -0.39 is 97.5 Å². The van der Waals surface area contributed by atoms with Crippen molar-refractivity contribution >= 4 is 39.5 Å². The lowest BCUT2D eigenvalue weighted by atomic mass is 10.0. The van der Waals surface area contributed by atoms with Gasteiger partial charge in [-0.05, 0) is 37.5 Å². The molecule has 0 aromatic heterocycles. The number of aliphatic hydroxyl groups excluding tert-OH is 1. The van der Waals surface area contributed by atoms with Crippen LogP contribution in [0.1, 0.15) is 414 Å². The van der Waals surface area contributed by atoms with Crippen LogP contribution in [0.2, 0.25) is 0 Å². The van der Waals surface area contributed by atoms with Crippen molar-refractivity contribution in [1.29, 1.82) is 0 Å². The number of rotatable bonds is 78. The second-order valence-electron chi connectivity index (χ2n) is 29.4. The number of aliphatic hydroxyl groups is 1. The summed E-state index contributed by atoms with van der Waals surface area (Å²) in [5, 5.41) is 10.6. The summed E-state index contributed by atoms with van der Waals surface area (Å²) in [7, 11) is -9.91. The van der Waals surface area contributed by atoms with Gasteiger partial charge in [0.05, 0.1) is 26.4 Å². The second kappa shape index (κ2) is 70.7. The van der Waals surface area contributed by atoms with Crippen LogP contribution in [0.25, 0.3) is 0 Å². The van der Waals surface area contributed by atoms with Crippen molar-refractivity contribution in [2.45, 2.75) is 432 Å². The third kappa shape index (κ3) is 72.4. The molecule has 0 spiro atoms. The average molecular weight is 1440 g/mol. The lowest BCUT2D eigenvalue weighted by Gasteiger charge is -2.21. The number of hydrogen-bond acceptors (Lipinski definition) is 15. The average Bonchev–Trinajstić information content (AvgIpc) is 0.994. The molecule has 17 nitrogen and oxygen atoms in total. The van der Waals surface area contributed by atoms with Gasteiger partial charge in [-0.1, -0.05) is 363 Å². The highest BCUT2D eigenvalue weighted by Crippen LogP contribution is 2.45. The Labute approximate surface area is 600 Å². The molecule has 0 aromatic rings. The Morgan fingerprint density at radius 3 is 0.694 bits per heavy atom. The van der Waals surface area contributed by atoms with Crippen molar-refractivity contribution in [3.63, 3.8) is 0 Å². The van der Waals surface area contributed by atoms with E-state index in [1.165, 1.54) is 218 Å². The second-order valence-corrected chi connectivity index (χ2v) is 32.3. The molecular weight excluding hydrogens is 1280 g/mol. The van der Waals surface area contributed by atoms with Crippen molar-refractivity contribution in [2.24, 2.45) is 11.8 Å². The van der Waals surface area contributed by atoms with E-state index in [1.54, 1.807) is 0 Å². The summed E-state index contributed by atoms with van der Waals surface area (Å²) in [6.07, 6.45) is 59.7. The summed E-state index contributed by atoms with van der Waals surface area (Å²) in [4.78, 5) is 72.8. The van der Waals surface area contributed by atoms with Crippen molar-refractivity contribution in [1.82, 2.24) is 0 Å². The molecule has 0 heterocycles. The number of carbonyl (C=O) groups excluding carboxylic acids is 4. The number of phosphoric acid groups is 2. The molecule has 0 amide bonds. The first kappa shape index (κ1) is 96.1. The maximum atomic E-state index is 13.1. The maximum Gasteiger partial charge on any atom is 0.472 e. The van der Waals surface area contributed by atoms with E-state index in [0.29, 0.717) is 25.7 Å². The molecule has 0 saturated heterocycles. The maximum absolute atomic E-state index is 13.1. The van der Waals surface area contributed by atoms with E-state index in [1.807, 2.05) is 0 Å². The van der Waals surface area contributed by atoms with E-state index in [9.17, 15) is 43.2 Å².